The van der Waals surface area contributed by atoms with Gasteiger partial charge < -0.3 is 20.4 Å². The van der Waals surface area contributed by atoms with Crippen LogP contribution in [0.2, 0.25) is 0 Å². The zero-order chi connectivity index (χ0) is 38.3. The topological polar surface area (TPSA) is 101 Å². The number of hydrogen-bond donors (Lipinski definition) is 4. The summed E-state index contributed by atoms with van der Waals surface area (Å²) in [4.78, 5) is 16.9. The molecule has 6 aliphatic rings. The van der Waals surface area contributed by atoms with Crippen molar-refractivity contribution in [2.75, 3.05) is 26.2 Å². The van der Waals surface area contributed by atoms with E-state index in [2.05, 4.69) is 62.9 Å². The van der Waals surface area contributed by atoms with Gasteiger partial charge in [-0.15, -0.1) is 0 Å². The fourth-order valence-corrected chi connectivity index (χ4v) is 11.2. The Hall–Kier alpha value is -3.13. The highest BCUT2D eigenvalue weighted by Gasteiger charge is 2.58. The molecule has 0 heterocycles. The van der Waals surface area contributed by atoms with E-state index < -0.39 is 23.2 Å². The van der Waals surface area contributed by atoms with Crippen molar-refractivity contribution in [3.63, 3.8) is 0 Å². The molecule has 0 amide bonds. The lowest BCUT2D eigenvalue weighted by molar-refractivity contribution is -0.126. The van der Waals surface area contributed by atoms with Crippen LogP contribution in [0.25, 0.3) is 11.1 Å². The van der Waals surface area contributed by atoms with E-state index in [9.17, 15) is 25.2 Å². The van der Waals surface area contributed by atoms with Crippen LogP contribution in [0.4, 0.5) is 0 Å². The second-order valence-corrected chi connectivity index (χ2v) is 18.4. The first kappa shape index (κ1) is 39.1. The van der Waals surface area contributed by atoms with Crippen LogP contribution in [0.1, 0.15) is 118 Å². The second-order valence-electron chi connectivity index (χ2n) is 18.4. The third kappa shape index (κ3) is 7.67. The van der Waals surface area contributed by atoms with Crippen molar-refractivity contribution in [3.05, 3.63) is 107 Å². The lowest BCUT2D eigenvalue weighted by Crippen LogP contribution is -2.58. The van der Waals surface area contributed by atoms with E-state index in [4.69, 9.17) is 0 Å². The Morgan fingerprint density at radius 3 is 2.37 bits per heavy atom. The lowest BCUT2D eigenvalue weighted by atomic mass is 9.45. The molecule has 9 rings (SSSR count). The summed E-state index contributed by atoms with van der Waals surface area (Å²) in [5, 5.41) is 45.0. The first-order valence-electron chi connectivity index (χ1n) is 20.7. The van der Waals surface area contributed by atoms with Crippen LogP contribution in [0.5, 0.6) is 0 Å². The Morgan fingerprint density at radius 2 is 1.67 bits per heavy atom. The number of aliphatic hydroxyl groups excluding tert-OH is 3. The van der Waals surface area contributed by atoms with Gasteiger partial charge in [0.1, 0.15) is 0 Å². The third-order valence-electron chi connectivity index (χ3n) is 14.8. The molecule has 290 valence electrons. The molecule has 4 saturated carbocycles. The largest absolute Gasteiger partial charge is 0.394 e. The molecule has 6 heteroatoms. The van der Waals surface area contributed by atoms with Gasteiger partial charge in [-0.2, -0.15) is 0 Å². The third-order valence-corrected chi connectivity index (χ3v) is 14.8. The van der Waals surface area contributed by atoms with Crippen molar-refractivity contribution in [3.8, 4) is 11.1 Å². The van der Waals surface area contributed by atoms with Crippen molar-refractivity contribution in [2.24, 2.45) is 28.6 Å². The van der Waals surface area contributed by atoms with Gasteiger partial charge in [0.05, 0.1) is 24.4 Å². The number of ketones is 1. The van der Waals surface area contributed by atoms with Gasteiger partial charge >= 0.3 is 0 Å². The minimum absolute atomic E-state index is 0.0343. The van der Waals surface area contributed by atoms with Crippen molar-refractivity contribution >= 4 is 5.78 Å². The van der Waals surface area contributed by atoms with Crippen LogP contribution < -0.4 is 0 Å². The minimum atomic E-state index is -1.08. The fraction of sp³-hybridized carbons (Fsp3) is 0.562. The molecular formula is C48H63NO5. The molecule has 0 aromatic heterocycles. The van der Waals surface area contributed by atoms with Crippen LogP contribution in [-0.4, -0.2) is 75.2 Å². The van der Waals surface area contributed by atoms with E-state index in [0.29, 0.717) is 60.7 Å². The van der Waals surface area contributed by atoms with Gasteiger partial charge in [0.15, 0.2) is 5.78 Å². The van der Waals surface area contributed by atoms with Gasteiger partial charge in [0, 0.05) is 36.2 Å². The first-order valence-corrected chi connectivity index (χ1v) is 20.7. The molecule has 4 bridgehead atoms. The second kappa shape index (κ2) is 15.8. The Labute approximate surface area is 323 Å². The highest BCUT2D eigenvalue weighted by Crippen LogP contribution is 2.62. The monoisotopic (exact) mass is 733 g/mol. The maximum Gasteiger partial charge on any atom is 0.193 e. The Kier molecular flexibility index (Phi) is 11.4. The van der Waals surface area contributed by atoms with E-state index in [1.807, 2.05) is 48.5 Å². The molecule has 6 aliphatic carbocycles. The minimum Gasteiger partial charge on any atom is -0.394 e. The van der Waals surface area contributed by atoms with Gasteiger partial charge in [-0.25, -0.2) is 0 Å². The molecule has 54 heavy (non-hydrogen) atoms. The average Bonchev–Trinajstić information content (AvgIpc) is 3.42. The van der Waals surface area contributed by atoms with Crippen LogP contribution in [0, 0.1) is 28.6 Å². The van der Waals surface area contributed by atoms with E-state index in [0.717, 1.165) is 60.4 Å². The predicted octanol–water partition coefficient (Wildman–Crippen LogP) is 8.35. The van der Waals surface area contributed by atoms with Crippen LogP contribution in [0.15, 0.2) is 84.4 Å². The van der Waals surface area contributed by atoms with Crippen LogP contribution in [-0.2, 0) is 6.42 Å². The summed E-state index contributed by atoms with van der Waals surface area (Å²) in [5.74, 6) is 1.82. The van der Waals surface area contributed by atoms with E-state index in [1.54, 1.807) is 0 Å². The molecule has 3 aromatic rings. The molecule has 0 spiro atoms. The van der Waals surface area contributed by atoms with Crippen molar-refractivity contribution in [1.29, 1.82) is 0 Å². The molecule has 4 N–H and O–H groups in total. The SMILES string of the molecule is CC1=CCC[C@@]2(C)[C@@H](CC[C@@]2(O)CN(C[C@H](O)CO)C[C@@H]2CC[C@H]3C[C@@H]2C3(C)C)c2ccc(cc2C(=O)c2ccc(-c3ccccc3)cc2)C[C@@H](O)CC1. The van der Waals surface area contributed by atoms with Gasteiger partial charge in [0.25, 0.3) is 0 Å². The van der Waals surface area contributed by atoms with E-state index >= 15 is 0 Å². The number of aliphatic hydroxyl groups is 4. The number of hydrogen-bond acceptors (Lipinski definition) is 6. The highest BCUT2D eigenvalue weighted by molar-refractivity contribution is 6.10. The summed E-state index contributed by atoms with van der Waals surface area (Å²) < 4.78 is 0. The average molecular weight is 734 g/mol. The Bertz CT molecular complexity index is 1800. The fourth-order valence-electron chi connectivity index (χ4n) is 11.2. The number of rotatable bonds is 10. The zero-order valence-corrected chi connectivity index (χ0v) is 33.0. The first-order chi connectivity index (χ1) is 25.8. The Balaban J connectivity index is 1.25. The number of carbonyl (C=O) groups excluding carboxylic acids is 1. The summed E-state index contributed by atoms with van der Waals surface area (Å²) in [6, 6.07) is 24.3. The van der Waals surface area contributed by atoms with E-state index in [1.165, 1.54) is 24.8 Å². The van der Waals surface area contributed by atoms with Gasteiger partial charge in [-0.1, -0.05) is 99.2 Å². The summed E-state index contributed by atoms with van der Waals surface area (Å²) in [5.41, 5.74) is 5.29. The van der Waals surface area contributed by atoms with Gasteiger partial charge in [0.2, 0.25) is 0 Å². The van der Waals surface area contributed by atoms with Crippen LogP contribution in [0.3, 0.4) is 0 Å². The Morgan fingerprint density at radius 1 is 0.926 bits per heavy atom. The molecule has 0 unspecified atom stereocenters. The molecule has 8 atom stereocenters. The van der Waals surface area contributed by atoms with Crippen molar-refractivity contribution < 1.29 is 25.2 Å². The maximum atomic E-state index is 14.7. The number of fused-ring (bicyclic) bond motifs is 10. The van der Waals surface area contributed by atoms with E-state index in [-0.39, 0.29) is 18.3 Å². The molecule has 0 saturated heterocycles. The number of benzene rings is 3. The quantitative estimate of drug-likeness (QED) is 0.124. The standard InChI is InChI=1S/C48H63NO5/c1-32-9-8-23-47(4)43(22-24-48(47,54)31-49(29-40(52)30-50)28-37-18-19-38-27-44(37)46(38,2)3)41-21-13-33(25-39(51)20-12-32)26-42(41)45(53)36-16-14-35(15-17-36)34-10-6-5-7-11-34/h5-7,9-11,13-17,21,26,37-40,43-44,50-52,54H,8,12,18-20,22-25,27-31H2,1-4H3/t37-,38-,39-,40-,43-,44-,47-,48+/m0/s1. The van der Waals surface area contributed by atoms with Gasteiger partial charge in [-0.05, 0) is 129 Å². The van der Waals surface area contributed by atoms with Crippen LogP contribution >= 0.6 is 0 Å². The molecule has 4 fully saturated rings. The normalized spacial score (nSPS) is 31.3. The summed E-state index contributed by atoms with van der Waals surface area (Å²) in [6.45, 7) is 10.4. The molecule has 3 aromatic carbocycles. The van der Waals surface area contributed by atoms with Crippen molar-refractivity contribution in [2.45, 2.75) is 116 Å². The number of allylic oxidation sites excluding steroid dienone is 2. The van der Waals surface area contributed by atoms with Crippen molar-refractivity contribution in [1.82, 2.24) is 4.90 Å². The summed E-state index contributed by atoms with van der Waals surface area (Å²) >= 11 is 0. The zero-order valence-electron chi connectivity index (χ0n) is 33.0. The lowest BCUT2D eigenvalue weighted by Gasteiger charge is -2.61. The smallest absolute Gasteiger partial charge is 0.193 e. The predicted molar refractivity (Wildman–Crippen MR) is 216 cm³/mol. The van der Waals surface area contributed by atoms with Gasteiger partial charge in [-0.3, -0.25) is 9.69 Å². The maximum absolute atomic E-state index is 14.7. The molecule has 6 nitrogen and oxygen atoms in total. The number of nitrogens with zero attached hydrogens (tertiary/aromatic N) is 1. The molecule has 0 radical (unpaired) electrons. The number of carbonyl (C=O) groups is 1. The molecule has 0 aliphatic heterocycles. The molecular weight excluding hydrogens is 671 g/mol. The summed E-state index contributed by atoms with van der Waals surface area (Å²) in [6.07, 6.45) is 9.37. The highest BCUT2D eigenvalue weighted by atomic mass is 16.3. The summed E-state index contributed by atoms with van der Waals surface area (Å²) in [7, 11) is 0.